The van der Waals surface area contributed by atoms with Crippen LogP contribution in [0.5, 0.6) is 5.75 Å². The van der Waals surface area contributed by atoms with Gasteiger partial charge in [-0.2, -0.15) is 0 Å². The minimum Gasteiger partial charge on any atom is -0.497 e. The van der Waals surface area contributed by atoms with Gasteiger partial charge in [-0.3, -0.25) is 4.90 Å². The van der Waals surface area contributed by atoms with Crippen LogP contribution in [0.3, 0.4) is 0 Å². The first-order chi connectivity index (χ1) is 15.2. The molecule has 0 amide bonds. The normalized spacial score (nSPS) is 17.8. The zero-order valence-electron chi connectivity index (χ0n) is 19.3. The van der Waals surface area contributed by atoms with E-state index in [1.165, 1.54) is 24.8 Å². The zero-order valence-corrected chi connectivity index (χ0v) is 19.3. The standard InChI is InChI=1S/C27H39NO3/c1-3-4-5-6-10-17-27(29,24-13-15-25(30-2)16-14-24)26(23-11-8-7-9-12-23)22-28-18-20-31-21-19-28/h7-9,11-16,26,29H,3-6,10,17-22H2,1-2H3/t26-,27+/m1/s1. The lowest BCUT2D eigenvalue weighted by molar-refractivity contribution is -0.0296. The van der Waals surface area contributed by atoms with Crippen molar-refractivity contribution in [1.82, 2.24) is 4.90 Å². The Morgan fingerprint density at radius 1 is 0.968 bits per heavy atom. The Labute approximate surface area is 188 Å². The van der Waals surface area contributed by atoms with Gasteiger partial charge in [-0.15, -0.1) is 0 Å². The number of aliphatic hydroxyl groups is 1. The highest BCUT2D eigenvalue weighted by Gasteiger charge is 2.40. The predicted octanol–water partition coefficient (Wildman–Crippen LogP) is 5.36. The van der Waals surface area contributed by atoms with Crippen molar-refractivity contribution >= 4 is 0 Å². The van der Waals surface area contributed by atoms with Crippen LogP contribution < -0.4 is 4.74 Å². The summed E-state index contributed by atoms with van der Waals surface area (Å²) in [5.41, 5.74) is 1.24. The molecule has 2 aromatic carbocycles. The average molecular weight is 426 g/mol. The lowest BCUT2D eigenvalue weighted by Crippen LogP contribution is -2.45. The van der Waals surface area contributed by atoms with Gasteiger partial charge in [0.25, 0.3) is 0 Å². The van der Waals surface area contributed by atoms with Gasteiger partial charge in [-0.05, 0) is 29.7 Å². The largest absolute Gasteiger partial charge is 0.497 e. The van der Waals surface area contributed by atoms with Gasteiger partial charge < -0.3 is 14.6 Å². The molecule has 0 saturated carbocycles. The van der Waals surface area contributed by atoms with Crippen LogP contribution in [-0.2, 0) is 10.3 Å². The van der Waals surface area contributed by atoms with Crippen molar-refractivity contribution in [2.45, 2.75) is 57.0 Å². The van der Waals surface area contributed by atoms with Crippen LogP contribution >= 0.6 is 0 Å². The fourth-order valence-electron chi connectivity index (χ4n) is 4.66. The summed E-state index contributed by atoms with van der Waals surface area (Å²) in [6.07, 6.45) is 6.66. The first-order valence-electron chi connectivity index (χ1n) is 11.9. The van der Waals surface area contributed by atoms with E-state index in [1.54, 1.807) is 7.11 Å². The summed E-state index contributed by atoms with van der Waals surface area (Å²) in [6.45, 7) is 6.42. The molecule has 1 aliphatic heterocycles. The number of nitrogens with zero attached hydrogens (tertiary/aromatic N) is 1. The fourth-order valence-corrected chi connectivity index (χ4v) is 4.66. The Balaban J connectivity index is 1.91. The smallest absolute Gasteiger partial charge is 0.118 e. The van der Waals surface area contributed by atoms with E-state index in [9.17, 15) is 5.11 Å². The Kier molecular flexibility index (Phi) is 9.38. The Morgan fingerprint density at radius 2 is 1.65 bits per heavy atom. The zero-order chi connectivity index (χ0) is 21.9. The summed E-state index contributed by atoms with van der Waals surface area (Å²) >= 11 is 0. The Bertz CT molecular complexity index is 743. The van der Waals surface area contributed by atoms with E-state index in [4.69, 9.17) is 9.47 Å². The van der Waals surface area contributed by atoms with E-state index in [0.717, 1.165) is 63.4 Å². The summed E-state index contributed by atoms with van der Waals surface area (Å²) in [5.74, 6) is 0.810. The number of rotatable bonds is 12. The maximum Gasteiger partial charge on any atom is 0.118 e. The Morgan fingerprint density at radius 3 is 2.29 bits per heavy atom. The quantitative estimate of drug-likeness (QED) is 0.465. The van der Waals surface area contributed by atoms with Gasteiger partial charge >= 0.3 is 0 Å². The molecule has 2 atom stereocenters. The number of methoxy groups -OCH3 is 1. The summed E-state index contributed by atoms with van der Waals surface area (Å²) in [6, 6.07) is 18.6. The molecule has 0 unspecified atom stereocenters. The SMILES string of the molecule is CCCCCCC[C@](O)(c1ccc(OC)cc1)[C@H](CN1CCOCC1)c1ccccc1. The molecule has 0 aromatic heterocycles. The molecule has 4 heteroatoms. The highest BCUT2D eigenvalue weighted by molar-refractivity contribution is 5.35. The number of benzene rings is 2. The molecule has 170 valence electrons. The second-order valence-electron chi connectivity index (χ2n) is 8.69. The topological polar surface area (TPSA) is 41.9 Å². The summed E-state index contributed by atoms with van der Waals surface area (Å²) < 4.78 is 10.9. The molecule has 1 heterocycles. The van der Waals surface area contributed by atoms with Crippen LogP contribution in [0.1, 0.15) is 62.5 Å². The number of hydrogen-bond acceptors (Lipinski definition) is 4. The fraction of sp³-hybridized carbons (Fsp3) is 0.556. The molecule has 2 aromatic rings. The van der Waals surface area contributed by atoms with Gasteiger partial charge in [0.2, 0.25) is 0 Å². The van der Waals surface area contributed by atoms with Gasteiger partial charge in [-0.1, -0.05) is 81.5 Å². The first-order valence-corrected chi connectivity index (χ1v) is 11.9. The van der Waals surface area contributed by atoms with Crippen molar-refractivity contribution in [3.8, 4) is 5.75 Å². The Hall–Kier alpha value is -1.88. The predicted molar refractivity (Wildman–Crippen MR) is 127 cm³/mol. The van der Waals surface area contributed by atoms with E-state index in [-0.39, 0.29) is 5.92 Å². The lowest BCUT2D eigenvalue weighted by Gasteiger charge is -2.41. The number of unbranched alkanes of at least 4 members (excludes halogenated alkanes) is 4. The van der Waals surface area contributed by atoms with E-state index in [1.807, 2.05) is 30.3 Å². The number of hydrogen-bond donors (Lipinski definition) is 1. The summed E-state index contributed by atoms with van der Waals surface area (Å²) in [5, 5.41) is 12.3. The van der Waals surface area contributed by atoms with Crippen LogP contribution in [0.2, 0.25) is 0 Å². The molecule has 31 heavy (non-hydrogen) atoms. The third kappa shape index (κ3) is 6.55. The second kappa shape index (κ2) is 12.2. The third-order valence-electron chi connectivity index (χ3n) is 6.57. The molecule has 0 radical (unpaired) electrons. The molecular weight excluding hydrogens is 386 g/mol. The molecule has 1 fully saturated rings. The van der Waals surface area contributed by atoms with Crippen molar-refractivity contribution in [1.29, 1.82) is 0 Å². The van der Waals surface area contributed by atoms with E-state index in [2.05, 4.69) is 36.1 Å². The monoisotopic (exact) mass is 425 g/mol. The van der Waals surface area contributed by atoms with Gasteiger partial charge in [0, 0.05) is 25.6 Å². The number of morpholine rings is 1. The van der Waals surface area contributed by atoms with E-state index < -0.39 is 5.60 Å². The van der Waals surface area contributed by atoms with E-state index >= 15 is 0 Å². The highest BCUT2D eigenvalue weighted by Crippen LogP contribution is 2.42. The minimum absolute atomic E-state index is 0.00799. The lowest BCUT2D eigenvalue weighted by atomic mass is 9.73. The maximum atomic E-state index is 12.3. The van der Waals surface area contributed by atoms with Crippen LogP contribution in [0.25, 0.3) is 0 Å². The summed E-state index contributed by atoms with van der Waals surface area (Å²) in [4.78, 5) is 2.44. The second-order valence-corrected chi connectivity index (χ2v) is 8.69. The number of ether oxygens (including phenoxy) is 2. The van der Waals surface area contributed by atoms with Crippen molar-refractivity contribution in [3.63, 3.8) is 0 Å². The molecule has 1 N–H and O–H groups in total. The summed E-state index contributed by atoms with van der Waals surface area (Å²) in [7, 11) is 1.68. The van der Waals surface area contributed by atoms with Gasteiger partial charge in [0.1, 0.15) is 5.75 Å². The highest BCUT2D eigenvalue weighted by atomic mass is 16.5. The van der Waals surface area contributed by atoms with Crippen molar-refractivity contribution in [2.75, 3.05) is 40.0 Å². The van der Waals surface area contributed by atoms with Gasteiger partial charge in [-0.25, -0.2) is 0 Å². The molecule has 1 aliphatic rings. The molecule has 0 aliphatic carbocycles. The van der Waals surface area contributed by atoms with Crippen LogP contribution in [0.4, 0.5) is 0 Å². The first kappa shape index (κ1) is 23.8. The molecule has 4 nitrogen and oxygen atoms in total. The third-order valence-corrected chi connectivity index (χ3v) is 6.57. The van der Waals surface area contributed by atoms with E-state index in [0.29, 0.717) is 0 Å². The minimum atomic E-state index is -0.932. The average Bonchev–Trinajstić information content (AvgIpc) is 2.83. The van der Waals surface area contributed by atoms with Crippen LogP contribution in [-0.4, -0.2) is 50.0 Å². The molecule has 0 spiro atoms. The molecule has 1 saturated heterocycles. The molecule has 3 rings (SSSR count). The van der Waals surface area contributed by atoms with Gasteiger partial charge in [0.05, 0.1) is 25.9 Å². The maximum absolute atomic E-state index is 12.3. The van der Waals surface area contributed by atoms with Crippen molar-refractivity contribution in [3.05, 3.63) is 65.7 Å². The van der Waals surface area contributed by atoms with Crippen molar-refractivity contribution < 1.29 is 14.6 Å². The van der Waals surface area contributed by atoms with Crippen LogP contribution in [0.15, 0.2) is 54.6 Å². The van der Waals surface area contributed by atoms with Crippen LogP contribution in [0, 0.1) is 0 Å². The van der Waals surface area contributed by atoms with Gasteiger partial charge in [0.15, 0.2) is 0 Å². The molecule has 0 bridgehead atoms. The van der Waals surface area contributed by atoms with Crippen molar-refractivity contribution in [2.24, 2.45) is 0 Å². The molecular formula is C27H39NO3.